The zero-order valence-corrected chi connectivity index (χ0v) is 18.3. The molecule has 1 N–H and O–H groups in total. The van der Waals surface area contributed by atoms with Crippen LogP contribution < -0.4 is 4.72 Å². The summed E-state index contributed by atoms with van der Waals surface area (Å²) < 4.78 is 33.8. The van der Waals surface area contributed by atoms with Crippen molar-refractivity contribution in [2.75, 3.05) is 6.61 Å². The monoisotopic (exact) mass is 503 g/mol. The summed E-state index contributed by atoms with van der Waals surface area (Å²) in [5, 5.41) is 0. The van der Waals surface area contributed by atoms with Crippen LogP contribution in [0.3, 0.4) is 0 Å². The zero-order valence-electron chi connectivity index (χ0n) is 14.3. The second kappa shape index (κ2) is 9.12. The van der Waals surface area contributed by atoms with Crippen molar-refractivity contribution in [2.24, 2.45) is 0 Å². The van der Waals surface area contributed by atoms with Gasteiger partial charge in [0.1, 0.15) is 6.04 Å². The molecule has 0 aliphatic rings. The van der Waals surface area contributed by atoms with Crippen molar-refractivity contribution in [2.45, 2.75) is 29.6 Å². The maximum atomic E-state index is 12.7. The fourth-order valence-corrected chi connectivity index (χ4v) is 4.54. The first-order chi connectivity index (χ1) is 12.2. The topological polar surface area (TPSA) is 72.5 Å². The molecule has 0 bridgehead atoms. The number of esters is 1. The van der Waals surface area contributed by atoms with Crippen LogP contribution in [-0.4, -0.2) is 27.0 Å². The third-order valence-electron chi connectivity index (χ3n) is 3.64. The van der Waals surface area contributed by atoms with E-state index in [4.69, 9.17) is 4.74 Å². The van der Waals surface area contributed by atoms with Gasteiger partial charge in [-0.2, -0.15) is 4.72 Å². The average molecular weight is 505 g/mol. The Bertz CT molecular complexity index is 852. The fourth-order valence-electron chi connectivity index (χ4n) is 2.25. The molecule has 0 amide bonds. The standard InChI is InChI=1S/C18H19Br2NO4S/c1-3-25-18(22)17(16(20)13-6-8-14(19)9-7-13)21-26(23,24)15-10-4-12(2)5-11-15/h4-11,16-17,21H,3H2,1-2H3. The summed E-state index contributed by atoms with van der Waals surface area (Å²) in [7, 11) is -3.89. The number of benzene rings is 2. The van der Waals surface area contributed by atoms with E-state index in [2.05, 4.69) is 36.6 Å². The lowest BCUT2D eigenvalue weighted by Crippen LogP contribution is -2.44. The van der Waals surface area contributed by atoms with Crippen LogP contribution in [0.25, 0.3) is 0 Å². The number of ether oxygens (including phenoxy) is 1. The fraction of sp³-hybridized carbons (Fsp3) is 0.278. The molecule has 2 rings (SSSR count). The molecule has 0 fully saturated rings. The number of hydrogen-bond donors (Lipinski definition) is 1. The molecule has 8 heteroatoms. The highest BCUT2D eigenvalue weighted by atomic mass is 79.9. The van der Waals surface area contributed by atoms with Crippen molar-refractivity contribution in [3.63, 3.8) is 0 Å². The molecule has 0 saturated carbocycles. The van der Waals surface area contributed by atoms with E-state index in [9.17, 15) is 13.2 Å². The quantitative estimate of drug-likeness (QED) is 0.455. The number of alkyl halides is 1. The highest BCUT2D eigenvalue weighted by molar-refractivity contribution is 9.10. The Labute approximate surface area is 170 Å². The van der Waals surface area contributed by atoms with Crippen LogP contribution in [-0.2, 0) is 19.6 Å². The predicted octanol–water partition coefficient (Wildman–Crippen LogP) is 4.10. The number of halogens is 2. The first-order valence-electron chi connectivity index (χ1n) is 7.89. The largest absolute Gasteiger partial charge is 0.465 e. The summed E-state index contributed by atoms with van der Waals surface area (Å²) in [5.74, 6) is -0.645. The Hall–Kier alpha value is -1.22. The first kappa shape index (κ1) is 21.1. The molecule has 2 aromatic rings. The third kappa shape index (κ3) is 5.39. The van der Waals surface area contributed by atoms with E-state index in [0.29, 0.717) is 0 Å². The molecule has 5 nitrogen and oxygen atoms in total. The van der Waals surface area contributed by atoms with E-state index in [-0.39, 0.29) is 11.5 Å². The average Bonchev–Trinajstić information content (AvgIpc) is 2.60. The lowest BCUT2D eigenvalue weighted by Gasteiger charge is -2.22. The Morgan fingerprint density at radius 3 is 2.23 bits per heavy atom. The molecule has 140 valence electrons. The number of nitrogens with one attached hydrogen (secondary N) is 1. The van der Waals surface area contributed by atoms with Gasteiger partial charge in [-0.25, -0.2) is 8.42 Å². The van der Waals surface area contributed by atoms with Crippen molar-refractivity contribution in [3.8, 4) is 0 Å². The summed E-state index contributed by atoms with van der Waals surface area (Å²) in [4.78, 5) is 11.9. The molecular formula is C18H19Br2NO4S. The van der Waals surface area contributed by atoms with Crippen LogP contribution in [0.4, 0.5) is 0 Å². The minimum atomic E-state index is -3.89. The maximum absolute atomic E-state index is 12.7. The SMILES string of the molecule is CCOC(=O)C(NS(=O)(=O)c1ccc(C)cc1)C(Br)c1ccc(Br)cc1. The van der Waals surface area contributed by atoms with Gasteiger partial charge in [0.05, 0.1) is 16.3 Å². The number of aryl methyl sites for hydroxylation is 1. The second-order valence-corrected chi connectivity index (χ2v) is 9.23. The summed E-state index contributed by atoms with van der Waals surface area (Å²) in [5.41, 5.74) is 1.69. The van der Waals surface area contributed by atoms with Gasteiger partial charge in [-0.05, 0) is 43.7 Å². The van der Waals surface area contributed by atoms with Crippen molar-refractivity contribution >= 4 is 47.9 Å². The molecule has 0 aromatic heterocycles. The molecule has 0 spiro atoms. The van der Waals surface area contributed by atoms with Crippen LogP contribution in [0.1, 0.15) is 22.9 Å². The molecule has 0 saturated heterocycles. The van der Waals surface area contributed by atoms with Crippen LogP contribution in [0.2, 0.25) is 0 Å². The summed E-state index contributed by atoms with van der Waals surface area (Å²) in [6.45, 7) is 3.70. The minimum Gasteiger partial charge on any atom is -0.465 e. The van der Waals surface area contributed by atoms with Gasteiger partial charge >= 0.3 is 5.97 Å². The van der Waals surface area contributed by atoms with Gasteiger partial charge < -0.3 is 4.74 Å². The van der Waals surface area contributed by atoms with E-state index in [1.807, 2.05) is 19.1 Å². The van der Waals surface area contributed by atoms with E-state index >= 15 is 0 Å². The molecule has 0 aliphatic heterocycles. The predicted molar refractivity (Wildman–Crippen MR) is 108 cm³/mol. The van der Waals surface area contributed by atoms with Crippen molar-refractivity contribution in [1.29, 1.82) is 0 Å². The smallest absolute Gasteiger partial charge is 0.325 e. The summed E-state index contributed by atoms with van der Waals surface area (Å²) >= 11 is 6.79. The lowest BCUT2D eigenvalue weighted by atomic mass is 10.1. The van der Waals surface area contributed by atoms with Crippen LogP contribution >= 0.6 is 31.9 Å². The van der Waals surface area contributed by atoms with Crippen LogP contribution in [0, 0.1) is 6.92 Å². The molecule has 2 atom stereocenters. The number of sulfonamides is 1. The van der Waals surface area contributed by atoms with Gasteiger partial charge in [-0.3, -0.25) is 4.79 Å². The minimum absolute atomic E-state index is 0.0907. The van der Waals surface area contributed by atoms with Crippen LogP contribution in [0.15, 0.2) is 57.9 Å². The Balaban J connectivity index is 2.33. The van der Waals surface area contributed by atoms with Crippen molar-refractivity contribution in [3.05, 3.63) is 64.1 Å². The Morgan fingerprint density at radius 2 is 1.69 bits per heavy atom. The van der Waals surface area contributed by atoms with Gasteiger partial charge in [0.2, 0.25) is 10.0 Å². The van der Waals surface area contributed by atoms with E-state index < -0.39 is 26.9 Å². The summed E-state index contributed by atoms with van der Waals surface area (Å²) in [6.07, 6.45) is 0. The third-order valence-corrected chi connectivity index (χ3v) is 6.68. The maximum Gasteiger partial charge on any atom is 0.325 e. The number of carbonyl (C=O) groups excluding carboxylic acids is 1. The van der Waals surface area contributed by atoms with Crippen molar-refractivity contribution < 1.29 is 17.9 Å². The van der Waals surface area contributed by atoms with Gasteiger partial charge in [0.25, 0.3) is 0 Å². The number of rotatable bonds is 7. The Kier molecular flexibility index (Phi) is 7.40. The number of carbonyl (C=O) groups is 1. The molecule has 0 heterocycles. The number of hydrogen-bond acceptors (Lipinski definition) is 4. The van der Waals surface area contributed by atoms with Crippen molar-refractivity contribution in [1.82, 2.24) is 4.72 Å². The molecule has 0 aliphatic carbocycles. The van der Waals surface area contributed by atoms with Gasteiger partial charge in [-0.1, -0.05) is 61.7 Å². The normalized spacial score (nSPS) is 13.8. The molecule has 0 radical (unpaired) electrons. The highest BCUT2D eigenvalue weighted by Gasteiger charge is 2.33. The molecule has 2 aromatic carbocycles. The molecular weight excluding hydrogens is 486 g/mol. The Morgan fingerprint density at radius 1 is 1.12 bits per heavy atom. The van der Waals surface area contributed by atoms with Gasteiger partial charge in [0, 0.05) is 4.47 Å². The summed E-state index contributed by atoms with van der Waals surface area (Å²) in [6, 6.07) is 12.5. The molecule has 2 unspecified atom stereocenters. The second-order valence-electron chi connectivity index (χ2n) is 5.62. The lowest BCUT2D eigenvalue weighted by molar-refractivity contribution is -0.145. The first-order valence-corrected chi connectivity index (χ1v) is 11.1. The van der Waals surface area contributed by atoms with Crippen LogP contribution in [0.5, 0.6) is 0 Å². The van der Waals surface area contributed by atoms with E-state index in [1.165, 1.54) is 12.1 Å². The van der Waals surface area contributed by atoms with E-state index in [0.717, 1.165) is 15.6 Å². The molecule has 26 heavy (non-hydrogen) atoms. The van der Waals surface area contributed by atoms with Gasteiger partial charge in [-0.15, -0.1) is 0 Å². The van der Waals surface area contributed by atoms with Gasteiger partial charge in [0.15, 0.2) is 0 Å². The van der Waals surface area contributed by atoms with E-state index in [1.54, 1.807) is 31.2 Å². The highest BCUT2D eigenvalue weighted by Crippen LogP contribution is 2.29. The zero-order chi connectivity index (χ0) is 19.3.